The second-order valence-electron chi connectivity index (χ2n) is 21.2. The Bertz CT molecular complexity index is 3160. The first kappa shape index (κ1) is 68.8. The first-order valence-corrected chi connectivity index (χ1v) is 29.2. The molecule has 0 fully saturated rings. The van der Waals surface area contributed by atoms with Gasteiger partial charge in [-0.15, -0.1) is 0 Å². The van der Waals surface area contributed by atoms with Crippen molar-refractivity contribution in [3.8, 4) is 17.1 Å². The van der Waals surface area contributed by atoms with Gasteiger partial charge in [0.15, 0.2) is 5.60 Å². The number of hydrogen-bond donors (Lipinski definition) is 7. The number of carbonyl (C=O) groups excluding carboxylic acids is 7. The number of amides is 7. The highest BCUT2D eigenvalue weighted by Gasteiger charge is 2.45. The summed E-state index contributed by atoms with van der Waals surface area (Å²) >= 11 is 0. The molecule has 28 heteroatoms. The molecular weight excluding hydrogens is 1150 g/mol. The summed E-state index contributed by atoms with van der Waals surface area (Å²) in [6.07, 6.45) is -0.504. The Labute approximate surface area is 508 Å². The van der Waals surface area contributed by atoms with Gasteiger partial charge in [-0.25, -0.2) is 24.2 Å². The lowest BCUT2D eigenvalue weighted by molar-refractivity contribution is -0.172. The largest absolute Gasteiger partial charge is 0.481 e. The van der Waals surface area contributed by atoms with Gasteiger partial charge < -0.3 is 89.5 Å². The average Bonchev–Trinajstić information content (AvgIpc) is 1.54. The van der Waals surface area contributed by atoms with E-state index in [2.05, 4.69) is 21.3 Å². The molecule has 0 saturated heterocycles. The van der Waals surface area contributed by atoms with Crippen LogP contribution in [0.4, 0.5) is 20.1 Å². The number of rotatable bonds is 36. The van der Waals surface area contributed by atoms with E-state index in [1.807, 2.05) is 6.92 Å². The number of esters is 1. The summed E-state index contributed by atoms with van der Waals surface area (Å²) in [6.45, 7) is 9.89. The number of anilines is 1. The minimum Gasteiger partial charge on any atom is -0.481 e. The molecule has 28 nitrogen and oxygen atoms in total. The molecule has 480 valence electrons. The second-order valence-corrected chi connectivity index (χ2v) is 21.2. The lowest BCUT2D eigenvalue weighted by Gasteiger charge is -2.31. The Kier molecular flexibility index (Phi) is 26.4. The van der Waals surface area contributed by atoms with Crippen LogP contribution in [0.2, 0.25) is 0 Å². The molecule has 0 radical (unpaired) electrons. The topological polar surface area (TPSA) is 366 Å². The SMILES string of the molecule is CCc1c2c(nc3ccc(OC(=O)N(C)CCN(C)C(=O)OCc4ccc(NC(=O)[C@H](CCCNC(N)=O)NC(=O)[C@@H](NC(=O)CCOCCOCCOCCOCCOCCC(=O)O)C(C)C)cc4)cc13)-c1cc3c(c(=O)n1C2)COC(=O)[C@]3(O)CC. The maximum Gasteiger partial charge on any atom is 0.415 e. The van der Waals surface area contributed by atoms with Crippen molar-refractivity contribution in [2.24, 2.45) is 11.7 Å². The smallest absolute Gasteiger partial charge is 0.415 e. The van der Waals surface area contributed by atoms with Crippen LogP contribution in [0.3, 0.4) is 0 Å². The van der Waals surface area contributed by atoms with Crippen LogP contribution in [-0.2, 0) is 88.9 Å². The number of primary amides is 1. The van der Waals surface area contributed by atoms with Crippen molar-refractivity contribution in [3.63, 3.8) is 0 Å². The molecule has 2 aromatic carbocycles. The maximum absolute atomic E-state index is 13.8. The number of nitrogens with zero attached hydrogens (tertiary/aromatic N) is 4. The van der Waals surface area contributed by atoms with Gasteiger partial charge in [0.2, 0.25) is 17.7 Å². The number of aromatic nitrogens is 2. The van der Waals surface area contributed by atoms with Crippen LogP contribution in [0.1, 0.15) is 87.6 Å². The third-order valence-corrected chi connectivity index (χ3v) is 14.6. The highest BCUT2D eigenvalue weighted by Crippen LogP contribution is 2.41. The summed E-state index contributed by atoms with van der Waals surface area (Å²) in [4.78, 5) is 122. The van der Waals surface area contributed by atoms with Crippen molar-refractivity contribution in [2.45, 2.75) is 104 Å². The number of nitrogens with one attached hydrogen (secondary N) is 4. The number of ether oxygens (including phenoxy) is 8. The number of benzene rings is 2. The molecule has 0 spiro atoms. The first-order chi connectivity index (χ1) is 42.1. The molecule has 0 aliphatic carbocycles. The minimum atomic E-state index is -1.95. The molecule has 4 aromatic rings. The van der Waals surface area contributed by atoms with E-state index in [-0.39, 0.29) is 126 Å². The standard InChI is InChI=1S/C60H81N9O19/c1-7-41-42-32-40(15-16-46(42)64-52-43(41)34-69-48(52)33-45-44(55(69)75)36-86-56(76)60(45,80)8-2)88-59(79)68(6)21-20-67(5)58(78)87-35-38-11-13-39(14-12-38)63-53(73)47(10-9-19-62-57(61)77)65-54(74)51(37(3)4)66-49(70)17-22-81-24-26-83-28-30-85-31-29-84-27-25-82-23-18-50(71)72/h11-16,32-33,37,47,51,80H,7-10,17-31,34-36H2,1-6H3,(H,63,73)(H,65,74)(H,66,70)(H,71,72)(H3,61,62,77)/t47-,51-,60-/m0/s1. The fourth-order valence-electron chi connectivity index (χ4n) is 9.57. The number of carboxylic acid groups (broad SMARTS) is 1. The highest BCUT2D eigenvalue weighted by atomic mass is 16.6. The zero-order valence-corrected chi connectivity index (χ0v) is 50.6. The third kappa shape index (κ3) is 19.4. The van der Waals surface area contributed by atoms with Crippen LogP contribution in [0.15, 0.2) is 53.3 Å². The molecule has 7 amide bonds. The van der Waals surface area contributed by atoms with Crippen LogP contribution in [-0.4, -0.2) is 189 Å². The predicted octanol–water partition coefficient (Wildman–Crippen LogP) is 3.30. The second kappa shape index (κ2) is 33.7. The lowest BCUT2D eigenvalue weighted by Crippen LogP contribution is -2.54. The number of pyridine rings is 2. The molecular formula is C60H81N9O19. The zero-order valence-electron chi connectivity index (χ0n) is 50.6. The molecule has 2 aliphatic rings. The van der Waals surface area contributed by atoms with Gasteiger partial charge in [0.25, 0.3) is 5.56 Å². The molecule has 0 saturated carbocycles. The summed E-state index contributed by atoms with van der Waals surface area (Å²) in [5.74, 6) is -3.45. The van der Waals surface area contributed by atoms with Crippen molar-refractivity contribution in [1.82, 2.24) is 35.3 Å². The van der Waals surface area contributed by atoms with E-state index < -0.39 is 65.6 Å². The number of nitrogens with two attached hydrogens (primary N) is 1. The number of urea groups is 1. The van der Waals surface area contributed by atoms with Crippen molar-refractivity contribution in [2.75, 3.05) is 105 Å². The van der Waals surface area contributed by atoms with E-state index >= 15 is 0 Å². The first-order valence-electron chi connectivity index (χ1n) is 29.2. The molecule has 2 aromatic heterocycles. The van der Waals surface area contributed by atoms with Crippen LogP contribution < -0.4 is 37.3 Å². The zero-order chi connectivity index (χ0) is 63.9. The Morgan fingerprint density at radius 2 is 1.40 bits per heavy atom. The molecule has 3 atom stereocenters. The molecule has 88 heavy (non-hydrogen) atoms. The maximum atomic E-state index is 13.8. The Morgan fingerprint density at radius 3 is 1.99 bits per heavy atom. The normalized spacial score (nSPS) is 14.6. The number of hydrogen-bond acceptors (Lipinski definition) is 19. The summed E-state index contributed by atoms with van der Waals surface area (Å²) in [7, 11) is 3.05. The number of likely N-dealkylation sites (N-methyl/N-ethyl adjacent to an activating group) is 2. The number of cyclic esters (lactones) is 1. The Balaban J connectivity index is 0.912. The predicted molar refractivity (Wildman–Crippen MR) is 317 cm³/mol. The van der Waals surface area contributed by atoms with Crippen molar-refractivity contribution in [1.29, 1.82) is 0 Å². The number of aliphatic hydroxyl groups is 1. The van der Waals surface area contributed by atoms with Crippen molar-refractivity contribution >= 4 is 64.5 Å². The van der Waals surface area contributed by atoms with E-state index in [1.165, 1.54) is 23.9 Å². The third-order valence-electron chi connectivity index (χ3n) is 14.6. The molecule has 4 heterocycles. The van der Waals surface area contributed by atoms with Gasteiger partial charge in [-0.05, 0) is 79.1 Å². The lowest BCUT2D eigenvalue weighted by atomic mass is 9.86. The Morgan fingerprint density at radius 1 is 0.784 bits per heavy atom. The van der Waals surface area contributed by atoms with Crippen LogP contribution >= 0.6 is 0 Å². The van der Waals surface area contributed by atoms with E-state index in [1.54, 1.807) is 73.9 Å². The van der Waals surface area contributed by atoms with E-state index in [9.17, 15) is 48.3 Å². The van der Waals surface area contributed by atoms with Crippen LogP contribution in [0, 0.1) is 5.92 Å². The Hall–Kier alpha value is -8.28. The number of aryl methyl sites for hydroxylation is 1. The molecule has 6 rings (SSSR count). The quantitative estimate of drug-likeness (QED) is 0.0223. The van der Waals surface area contributed by atoms with Gasteiger partial charge in [-0.2, -0.15) is 0 Å². The van der Waals surface area contributed by atoms with E-state index in [0.29, 0.717) is 74.2 Å². The molecule has 2 aliphatic heterocycles. The molecule has 0 unspecified atom stereocenters. The summed E-state index contributed by atoms with van der Waals surface area (Å²) < 4.78 is 45.0. The van der Waals surface area contributed by atoms with Gasteiger partial charge >= 0.3 is 30.2 Å². The number of aliphatic carboxylic acids is 1. The van der Waals surface area contributed by atoms with Crippen molar-refractivity contribution in [3.05, 3.63) is 86.7 Å². The average molecular weight is 1230 g/mol. The fraction of sp³-hybridized carbons (Fsp3) is 0.533. The van der Waals surface area contributed by atoms with Gasteiger partial charge in [0.05, 0.1) is 102 Å². The summed E-state index contributed by atoms with van der Waals surface area (Å²) in [5.41, 5.74) is 7.64. The monoisotopic (exact) mass is 1230 g/mol. The van der Waals surface area contributed by atoms with Gasteiger partial charge in [-0.1, -0.05) is 39.8 Å². The number of carboxylic acids is 1. The minimum absolute atomic E-state index is 0.0225. The van der Waals surface area contributed by atoms with E-state index in [4.69, 9.17) is 53.7 Å². The van der Waals surface area contributed by atoms with E-state index in [0.717, 1.165) is 16.5 Å². The van der Waals surface area contributed by atoms with Gasteiger partial charge in [0, 0.05) is 62.4 Å². The highest BCUT2D eigenvalue weighted by molar-refractivity contribution is 5.98. The van der Waals surface area contributed by atoms with Crippen LogP contribution in [0.5, 0.6) is 5.75 Å². The van der Waals surface area contributed by atoms with Crippen LogP contribution in [0.25, 0.3) is 22.3 Å². The summed E-state index contributed by atoms with van der Waals surface area (Å²) in [6, 6.07) is 10.3. The van der Waals surface area contributed by atoms with Crippen molar-refractivity contribution < 1.29 is 86.5 Å². The molecule has 8 N–H and O–H groups in total. The van der Waals surface area contributed by atoms with Gasteiger partial charge in [0.1, 0.15) is 31.0 Å². The number of fused-ring (bicyclic) bond motifs is 5. The van der Waals surface area contributed by atoms with Gasteiger partial charge in [-0.3, -0.25) is 24.0 Å². The fourth-order valence-corrected chi connectivity index (χ4v) is 9.57. The summed E-state index contributed by atoms with van der Waals surface area (Å²) in [5, 5.41) is 31.3. The number of carbonyl (C=O) groups is 8. The molecule has 0 bridgehead atoms.